The molecule has 0 saturated heterocycles. The first-order valence-corrected chi connectivity index (χ1v) is 18.3. The van der Waals surface area contributed by atoms with Crippen LogP contribution < -0.4 is 0 Å². The zero-order valence-electron chi connectivity index (χ0n) is 30.5. The lowest BCUT2D eigenvalue weighted by Crippen LogP contribution is -2.34. The Balaban J connectivity index is 1.09. The van der Waals surface area contributed by atoms with Gasteiger partial charge < -0.3 is 29.1 Å². The van der Waals surface area contributed by atoms with Gasteiger partial charge >= 0.3 is 0 Å². The van der Waals surface area contributed by atoms with Gasteiger partial charge in [-0.05, 0) is 99.4 Å². The standard InChI is InChI=1S/C46H46N4O2/c1-31-27-33(45(51)43(29-31)49-39-17-9-5-13-35(39)36-14-6-10-18-40(36)49)21-23-48(26-25-47(3)4)24-22-34-28-32(2)30-44(46(34)52)50-41-19-11-7-15-37(41)38-16-8-12-20-42(38)50/h5-20,27-30,51-52H,21-26H2,1-4H3. The highest BCUT2D eigenvalue weighted by molar-refractivity contribution is 6.10. The molecule has 2 heterocycles. The summed E-state index contributed by atoms with van der Waals surface area (Å²) >= 11 is 0. The maximum atomic E-state index is 11.9. The molecule has 6 nitrogen and oxygen atoms in total. The molecular formula is C46H46N4O2. The molecule has 0 radical (unpaired) electrons. The van der Waals surface area contributed by atoms with E-state index in [1.807, 2.05) is 0 Å². The first-order valence-electron chi connectivity index (χ1n) is 18.3. The monoisotopic (exact) mass is 686 g/mol. The number of hydrogen-bond acceptors (Lipinski definition) is 4. The van der Waals surface area contributed by atoms with Crippen molar-refractivity contribution in [2.75, 3.05) is 40.3 Å². The van der Waals surface area contributed by atoms with Crippen LogP contribution in [0.25, 0.3) is 55.0 Å². The van der Waals surface area contributed by atoms with Crippen LogP contribution in [-0.2, 0) is 12.8 Å². The van der Waals surface area contributed by atoms with Crippen LogP contribution in [0.2, 0.25) is 0 Å². The van der Waals surface area contributed by atoms with Crippen molar-refractivity contribution in [3.8, 4) is 22.9 Å². The molecule has 0 bridgehead atoms. The minimum Gasteiger partial charge on any atom is -0.505 e. The van der Waals surface area contributed by atoms with Gasteiger partial charge in [-0.2, -0.15) is 0 Å². The lowest BCUT2D eigenvalue weighted by atomic mass is 10.0. The maximum Gasteiger partial charge on any atom is 0.142 e. The highest BCUT2D eigenvalue weighted by Crippen LogP contribution is 2.39. The third-order valence-electron chi connectivity index (χ3n) is 10.5. The molecule has 52 heavy (non-hydrogen) atoms. The molecule has 262 valence electrons. The molecule has 6 aromatic carbocycles. The van der Waals surface area contributed by atoms with Crippen molar-refractivity contribution >= 4 is 43.6 Å². The summed E-state index contributed by atoms with van der Waals surface area (Å²) in [6.45, 7) is 7.58. The van der Waals surface area contributed by atoms with E-state index in [9.17, 15) is 10.2 Å². The van der Waals surface area contributed by atoms with E-state index in [0.29, 0.717) is 24.3 Å². The molecule has 0 fully saturated rings. The summed E-state index contributed by atoms with van der Waals surface area (Å²) in [6.07, 6.45) is 1.41. The third kappa shape index (κ3) is 6.08. The minimum atomic E-state index is 0.330. The Morgan fingerprint density at radius 2 is 0.808 bits per heavy atom. The molecule has 6 heteroatoms. The molecule has 0 atom stereocenters. The number of benzene rings is 6. The minimum absolute atomic E-state index is 0.330. The topological polar surface area (TPSA) is 56.8 Å². The molecule has 2 aromatic heterocycles. The van der Waals surface area contributed by atoms with Crippen molar-refractivity contribution in [3.63, 3.8) is 0 Å². The predicted octanol–water partition coefficient (Wildman–Crippen LogP) is 9.56. The van der Waals surface area contributed by atoms with E-state index in [4.69, 9.17) is 0 Å². The van der Waals surface area contributed by atoms with Gasteiger partial charge in [0.2, 0.25) is 0 Å². The van der Waals surface area contributed by atoms with Crippen LogP contribution >= 0.6 is 0 Å². The second kappa shape index (κ2) is 13.9. The third-order valence-corrected chi connectivity index (χ3v) is 10.5. The van der Waals surface area contributed by atoms with Crippen molar-refractivity contribution in [2.24, 2.45) is 0 Å². The highest BCUT2D eigenvalue weighted by Gasteiger charge is 2.20. The molecule has 0 spiro atoms. The van der Waals surface area contributed by atoms with E-state index < -0.39 is 0 Å². The van der Waals surface area contributed by atoms with E-state index in [0.717, 1.165) is 81.9 Å². The number of nitrogens with zero attached hydrogens (tertiary/aromatic N) is 4. The number of aromatic hydroxyl groups is 2. The smallest absolute Gasteiger partial charge is 0.142 e. The molecule has 0 saturated carbocycles. The van der Waals surface area contributed by atoms with Crippen LogP contribution in [0.4, 0.5) is 0 Å². The van der Waals surface area contributed by atoms with Gasteiger partial charge in [0.15, 0.2) is 0 Å². The van der Waals surface area contributed by atoms with Gasteiger partial charge in [0.25, 0.3) is 0 Å². The van der Waals surface area contributed by atoms with Gasteiger partial charge in [0.1, 0.15) is 11.5 Å². The largest absolute Gasteiger partial charge is 0.505 e. The average Bonchev–Trinajstić information content (AvgIpc) is 3.66. The van der Waals surface area contributed by atoms with Gasteiger partial charge in [-0.15, -0.1) is 0 Å². The summed E-state index contributed by atoms with van der Waals surface area (Å²) in [5, 5.41) is 28.5. The Kier molecular flexibility index (Phi) is 8.96. The Morgan fingerprint density at radius 1 is 0.462 bits per heavy atom. The van der Waals surface area contributed by atoms with Crippen molar-refractivity contribution in [3.05, 3.63) is 144 Å². The lowest BCUT2D eigenvalue weighted by molar-refractivity contribution is 0.244. The molecule has 0 unspecified atom stereocenters. The summed E-state index contributed by atoms with van der Waals surface area (Å²) in [5.74, 6) is 0.661. The van der Waals surface area contributed by atoms with Crippen LogP contribution in [0.15, 0.2) is 121 Å². The van der Waals surface area contributed by atoms with Crippen molar-refractivity contribution in [1.82, 2.24) is 18.9 Å². The molecule has 0 aliphatic rings. The zero-order chi connectivity index (χ0) is 35.9. The summed E-state index contributed by atoms with van der Waals surface area (Å²) in [7, 11) is 4.21. The molecule has 0 amide bonds. The number of phenols is 2. The fourth-order valence-corrected chi connectivity index (χ4v) is 7.99. The molecule has 8 rings (SSSR count). The van der Waals surface area contributed by atoms with Crippen LogP contribution in [0.3, 0.4) is 0 Å². The fraction of sp³-hybridized carbons (Fsp3) is 0.217. The zero-order valence-corrected chi connectivity index (χ0v) is 30.5. The van der Waals surface area contributed by atoms with Crippen LogP contribution in [-0.4, -0.2) is 69.4 Å². The quantitative estimate of drug-likeness (QED) is 0.142. The number of hydrogen-bond donors (Lipinski definition) is 2. The highest BCUT2D eigenvalue weighted by atomic mass is 16.3. The number of aryl methyl sites for hydroxylation is 2. The van der Waals surface area contributed by atoms with Gasteiger partial charge in [-0.1, -0.05) is 84.9 Å². The van der Waals surface area contributed by atoms with Crippen LogP contribution in [0.5, 0.6) is 11.5 Å². The SMILES string of the molecule is Cc1cc(CCN(CCc2cc(C)cc(-n3c4ccccc4c4ccccc43)c2O)CCN(C)C)c(O)c(-n2c3ccccc3c3ccccc32)c1. The Bertz CT molecular complexity index is 2300. The first kappa shape index (κ1) is 33.6. The average molecular weight is 687 g/mol. The number of rotatable bonds is 11. The van der Waals surface area contributed by atoms with Gasteiger partial charge in [0, 0.05) is 47.7 Å². The van der Waals surface area contributed by atoms with Crippen molar-refractivity contribution in [1.29, 1.82) is 0 Å². The lowest BCUT2D eigenvalue weighted by Gasteiger charge is -2.25. The number of aromatic nitrogens is 2. The summed E-state index contributed by atoms with van der Waals surface area (Å²) < 4.78 is 4.41. The van der Waals surface area contributed by atoms with Gasteiger partial charge in [-0.25, -0.2) is 0 Å². The molecule has 2 N–H and O–H groups in total. The summed E-state index contributed by atoms with van der Waals surface area (Å²) in [6, 6.07) is 42.1. The first-order chi connectivity index (χ1) is 25.3. The Morgan fingerprint density at radius 3 is 1.15 bits per heavy atom. The van der Waals surface area contributed by atoms with E-state index >= 15 is 0 Å². The van der Waals surface area contributed by atoms with Crippen molar-refractivity contribution in [2.45, 2.75) is 26.7 Å². The molecule has 0 aliphatic heterocycles. The van der Waals surface area contributed by atoms with E-state index in [1.165, 1.54) is 21.5 Å². The predicted molar refractivity (Wildman–Crippen MR) is 217 cm³/mol. The van der Waals surface area contributed by atoms with E-state index in [1.54, 1.807) is 0 Å². The normalized spacial score (nSPS) is 12.0. The Hall–Kier alpha value is -5.56. The van der Waals surface area contributed by atoms with Gasteiger partial charge in [-0.3, -0.25) is 0 Å². The van der Waals surface area contributed by atoms with Crippen LogP contribution in [0.1, 0.15) is 22.3 Å². The van der Waals surface area contributed by atoms with Crippen molar-refractivity contribution < 1.29 is 10.2 Å². The molecular weight excluding hydrogens is 641 g/mol. The molecule has 8 aromatic rings. The maximum absolute atomic E-state index is 11.9. The number of likely N-dealkylation sites (N-methyl/N-ethyl adjacent to an activating group) is 1. The second-order valence-electron chi connectivity index (χ2n) is 14.5. The summed E-state index contributed by atoms with van der Waals surface area (Å²) in [4.78, 5) is 4.67. The second-order valence-corrected chi connectivity index (χ2v) is 14.5. The summed E-state index contributed by atoms with van der Waals surface area (Å²) in [5.41, 5.74) is 10.1. The van der Waals surface area contributed by atoms with Crippen LogP contribution in [0, 0.1) is 13.8 Å². The van der Waals surface area contributed by atoms with Gasteiger partial charge in [0.05, 0.1) is 33.4 Å². The molecule has 0 aliphatic carbocycles. The van der Waals surface area contributed by atoms with E-state index in [2.05, 4.69) is 168 Å². The number of para-hydroxylation sites is 4. The van der Waals surface area contributed by atoms with E-state index in [-0.39, 0.29) is 0 Å². The number of phenolic OH excluding ortho intramolecular Hbond substituents is 2. The number of fused-ring (bicyclic) bond motifs is 6. The Labute approximate surface area is 305 Å². The fourth-order valence-electron chi connectivity index (χ4n) is 7.99.